The molecule has 0 saturated carbocycles. The van der Waals surface area contributed by atoms with Crippen molar-refractivity contribution in [1.29, 1.82) is 0 Å². The SMILES string of the molecule is O=C(C1CCSC1)N1CCCC(Cl)CC1. The normalized spacial score (nSPS) is 32.7. The first-order valence-corrected chi connectivity index (χ1v) is 7.37. The lowest BCUT2D eigenvalue weighted by atomic mass is 10.1. The van der Waals surface area contributed by atoms with Crippen LogP contribution < -0.4 is 0 Å². The van der Waals surface area contributed by atoms with Crippen molar-refractivity contribution in [2.45, 2.75) is 31.1 Å². The summed E-state index contributed by atoms with van der Waals surface area (Å²) in [4.78, 5) is 14.2. The van der Waals surface area contributed by atoms with Gasteiger partial charge in [-0.3, -0.25) is 4.79 Å². The van der Waals surface area contributed by atoms with Crippen LogP contribution in [0.15, 0.2) is 0 Å². The molecular weight excluding hydrogens is 230 g/mol. The molecule has 1 amide bonds. The van der Waals surface area contributed by atoms with Crippen LogP contribution in [0.2, 0.25) is 0 Å². The van der Waals surface area contributed by atoms with E-state index < -0.39 is 0 Å². The summed E-state index contributed by atoms with van der Waals surface area (Å²) in [5.74, 6) is 2.86. The van der Waals surface area contributed by atoms with Gasteiger partial charge in [-0.2, -0.15) is 11.8 Å². The first-order valence-electron chi connectivity index (χ1n) is 5.78. The molecular formula is C11H18ClNOS. The van der Waals surface area contributed by atoms with Crippen LogP contribution in [0.1, 0.15) is 25.7 Å². The molecule has 0 bridgehead atoms. The maximum absolute atomic E-state index is 12.1. The second kappa shape index (κ2) is 5.44. The van der Waals surface area contributed by atoms with Gasteiger partial charge in [0.1, 0.15) is 0 Å². The zero-order valence-electron chi connectivity index (χ0n) is 8.95. The number of halogens is 1. The van der Waals surface area contributed by atoms with Crippen LogP contribution in [0.3, 0.4) is 0 Å². The molecule has 86 valence electrons. The van der Waals surface area contributed by atoms with Gasteiger partial charge in [-0.15, -0.1) is 11.6 Å². The molecule has 0 aromatic carbocycles. The van der Waals surface area contributed by atoms with E-state index in [1.54, 1.807) is 0 Å². The van der Waals surface area contributed by atoms with Gasteiger partial charge in [-0.25, -0.2) is 0 Å². The van der Waals surface area contributed by atoms with Gasteiger partial charge in [0.2, 0.25) is 5.91 Å². The summed E-state index contributed by atoms with van der Waals surface area (Å²) in [5.41, 5.74) is 0. The Balaban J connectivity index is 1.88. The Morgan fingerprint density at radius 3 is 2.87 bits per heavy atom. The van der Waals surface area contributed by atoms with Crippen molar-refractivity contribution in [3.63, 3.8) is 0 Å². The minimum absolute atomic E-state index is 0.278. The fourth-order valence-corrected chi connectivity index (χ4v) is 3.73. The Kier molecular flexibility index (Phi) is 4.21. The fourth-order valence-electron chi connectivity index (χ4n) is 2.26. The third kappa shape index (κ3) is 3.04. The average molecular weight is 248 g/mol. The molecule has 2 fully saturated rings. The second-order valence-corrected chi connectivity index (χ2v) is 6.18. The van der Waals surface area contributed by atoms with E-state index >= 15 is 0 Å². The van der Waals surface area contributed by atoms with Gasteiger partial charge >= 0.3 is 0 Å². The van der Waals surface area contributed by atoms with Crippen LogP contribution in [-0.2, 0) is 4.79 Å². The number of amides is 1. The largest absolute Gasteiger partial charge is 0.342 e. The number of hydrogen-bond donors (Lipinski definition) is 0. The molecule has 4 heteroatoms. The molecule has 2 nitrogen and oxygen atoms in total. The number of rotatable bonds is 1. The molecule has 2 aliphatic heterocycles. The monoisotopic (exact) mass is 247 g/mol. The highest BCUT2D eigenvalue weighted by atomic mass is 35.5. The summed E-state index contributed by atoms with van der Waals surface area (Å²) in [6.45, 7) is 1.79. The van der Waals surface area contributed by atoms with Crippen LogP contribution >= 0.6 is 23.4 Å². The fraction of sp³-hybridized carbons (Fsp3) is 0.909. The molecule has 2 heterocycles. The van der Waals surface area contributed by atoms with Gasteiger partial charge in [0.15, 0.2) is 0 Å². The Morgan fingerprint density at radius 2 is 2.13 bits per heavy atom. The molecule has 15 heavy (non-hydrogen) atoms. The topological polar surface area (TPSA) is 20.3 Å². The van der Waals surface area contributed by atoms with Crippen molar-refractivity contribution in [2.24, 2.45) is 5.92 Å². The Labute approximate surface area is 101 Å². The van der Waals surface area contributed by atoms with Crippen molar-refractivity contribution < 1.29 is 4.79 Å². The highest BCUT2D eigenvalue weighted by Crippen LogP contribution is 2.26. The number of nitrogens with zero attached hydrogens (tertiary/aromatic N) is 1. The first-order chi connectivity index (χ1) is 7.27. The molecule has 0 N–H and O–H groups in total. The standard InChI is InChI=1S/C11H18ClNOS/c12-10-2-1-5-13(6-3-10)11(14)9-4-7-15-8-9/h9-10H,1-8H2. The minimum Gasteiger partial charge on any atom is -0.342 e. The van der Waals surface area contributed by atoms with Crippen LogP contribution in [0.25, 0.3) is 0 Å². The minimum atomic E-state index is 0.278. The summed E-state index contributed by atoms with van der Waals surface area (Å²) < 4.78 is 0. The molecule has 2 unspecified atom stereocenters. The zero-order chi connectivity index (χ0) is 10.7. The number of likely N-dealkylation sites (tertiary alicyclic amines) is 1. The molecule has 0 aromatic rings. The van der Waals surface area contributed by atoms with Gasteiger partial charge in [0.25, 0.3) is 0 Å². The molecule has 0 aliphatic carbocycles. The van der Waals surface area contributed by atoms with E-state index in [4.69, 9.17) is 11.6 Å². The Hall–Kier alpha value is 0.110. The van der Waals surface area contributed by atoms with E-state index in [0.717, 1.165) is 50.3 Å². The third-order valence-corrected chi connectivity index (χ3v) is 4.85. The number of carbonyl (C=O) groups is 1. The summed E-state index contributed by atoms with van der Waals surface area (Å²) in [6.07, 6.45) is 4.17. The van der Waals surface area contributed by atoms with Crippen LogP contribution in [-0.4, -0.2) is 40.8 Å². The van der Waals surface area contributed by atoms with Gasteiger partial charge in [0, 0.05) is 30.1 Å². The van der Waals surface area contributed by atoms with Crippen molar-refractivity contribution in [3.05, 3.63) is 0 Å². The lowest BCUT2D eigenvalue weighted by Crippen LogP contribution is -2.37. The summed E-state index contributed by atoms with van der Waals surface area (Å²) >= 11 is 8.02. The predicted octanol–water partition coefficient (Wildman–Crippen LogP) is 2.36. The Bertz CT molecular complexity index is 231. The smallest absolute Gasteiger partial charge is 0.226 e. The van der Waals surface area contributed by atoms with Gasteiger partial charge in [-0.05, 0) is 31.4 Å². The molecule has 2 rings (SSSR count). The lowest BCUT2D eigenvalue weighted by Gasteiger charge is -2.23. The Morgan fingerprint density at radius 1 is 1.27 bits per heavy atom. The number of hydrogen-bond acceptors (Lipinski definition) is 2. The predicted molar refractivity (Wildman–Crippen MR) is 65.5 cm³/mol. The van der Waals surface area contributed by atoms with E-state index in [2.05, 4.69) is 0 Å². The van der Waals surface area contributed by atoms with Crippen molar-refractivity contribution in [1.82, 2.24) is 4.90 Å². The molecule has 0 spiro atoms. The van der Waals surface area contributed by atoms with E-state index in [0.29, 0.717) is 11.8 Å². The summed E-state index contributed by atoms with van der Waals surface area (Å²) in [6, 6.07) is 0. The zero-order valence-corrected chi connectivity index (χ0v) is 10.5. The third-order valence-electron chi connectivity index (χ3n) is 3.25. The van der Waals surface area contributed by atoms with Gasteiger partial charge < -0.3 is 4.90 Å². The molecule has 2 atom stereocenters. The lowest BCUT2D eigenvalue weighted by molar-refractivity contribution is -0.134. The van der Waals surface area contributed by atoms with E-state index in [9.17, 15) is 4.79 Å². The number of alkyl halides is 1. The van der Waals surface area contributed by atoms with Crippen molar-refractivity contribution in [3.8, 4) is 0 Å². The van der Waals surface area contributed by atoms with E-state index in [1.165, 1.54) is 0 Å². The number of carbonyl (C=O) groups excluding carboxylic acids is 1. The molecule has 2 saturated heterocycles. The molecule has 0 radical (unpaired) electrons. The van der Waals surface area contributed by atoms with Gasteiger partial charge in [0.05, 0.1) is 0 Å². The highest BCUT2D eigenvalue weighted by molar-refractivity contribution is 7.99. The molecule has 2 aliphatic rings. The van der Waals surface area contributed by atoms with E-state index in [1.807, 2.05) is 16.7 Å². The van der Waals surface area contributed by atoms with Crippen LogP contribution in [0, 0.1) is 5.92 Å². The maximum Gasteiger partial charge on any atom is 0.226 e. The van der Waals surface area contributed by atoms with Crippen molar-refractivity contribution in [2.75, 3.05) is 24.6 Å². The average Bonchev–Trinajstić information content (AvgIpc) is 2.67. The summed E-state index contributed by atoms with van der Waals surface area (Å²) in [5, 5.41) is 0.278. The van der Waals surface area contributed by atoms with E-state index in [-0.39, 0.29) is 5.38 Å². The quantitative estimate of drug-likeness (QED) is 0.663. The maximum atomic E-state index is 12.1. The highest BCUT2D eigenvalue weighted by Gasteiger charge is 2.28. The van der Waals surface area contributed by atoms with Crippen molar-refractivity contribution >= 4 is 29.3 Å². The summed E-state index contributed by atoms with van der Waals surface area (Å²) in [7, 11) is 0. The second-order valence-electron chi connectivity index (χ2n) is 4.41. The molecule has 0 aromatic heterocycles. The number of thioether (sulfide) groups is 1. The first kappa shape index (κ1) is 11.6. The van der Waals surface area contributed by atoms with Gasteiger partial charge in [-0.1, -0.05) is 0 Å². The van der Waals surface area contributed by atoms with Crippen LogP contribution in [0.5, 0.6) is 0 Å². The van der Waals surface area contributed by atoms with Crippen LogP contribution in [0.4, 0.5) is 0 Å².